The number of benzene rings is 1. The van der Waals surface area contributed by atoms with Gasteiger partial charge in [-0.3, -0.25) is 4.79 Å². The van der Waals surface area contributed by atoms with Gasteiger partial charge in [0.2, 0.25) is 5.91 Å². The fourth-order valence-corrected chi connectivity index (χ4v) is 4.34. The van der Waals surface area contributed by atoms with E-state index in [0.717, 1.165) is 30.4 Å². The van der Waals surface area contributed by atoms with E-state index in [-0.39, 0.29) is 48.5 Å². The molecule has 0 unspecified atom stereocenters. The zero-order valence-corrected chi connectivity index (χ0v) is 17.6. The Kier molecular flexibility index (Phi) is 6.96. The summed E-state index contributed by atoms with van der Waals surface area (Å²) in [5, 5.41) is 15.8. The third-order valence-corrected chi connectivity index (χ3v) is 6.01. The number of nitrogens with one attached hydrogen (secondary N) is 2. The summed E-state index contributed by atoms with van der Waals surface area (Å²) in [6.45, 7) is 6.09. The molecule has 1 heterocycles. The molecule has 29 heavy (non-hydrogen) atoms. The molecule has 1 aliphatic carbocycles. The van der Waals surface area contributed by atoms with Gasteiger partial charge >= 0.3 is 6.03 Å². The predicted molar refractivity (Wildman–Crippen MR) is 114 cm³/mol. The molecular formula is C23H33N3O3. The zero-order valence-electron chi connectivity index (χ0n) is 17.6. The summed E-state index contributed by atoms with van der Waals surface area (Å²) in [6, 6.07) is 7.66. The van der Waals surface area contributed by atoms with E-state index in [1.165, 1.54) is 0 Å². The minimum Gasteiger partial charge on any atom is -0.394 e. The van der Waals surface area contributed by atoms with E-state index >= 15 is 0 Å². The van der Waals surface area contributed by atoms with Gasteiger partial charge in [-0.2, -0.15) is 0 Å². The van der Waals surface area contributed by atoms with Crippen LogP contribution in [-0.4, -0.2) is 53.2 Å². The Labute approximate surface area is 173 Å². The molecule has 6 nitrogen and oxygen atoms in total. The van der Waals surface area contributed by atoms with Gasteiger partial charge in [0.05, 0.1) is 18.7 Å². The highest BCUT2D eigenvalue weighted by Gasteiger charge is 2.52. The van der Waals surface area contributed by atoms with Gasteiger partial charge in [-0.15, -0.1) is 0 Å². The largest absolute Gasteiger partial charge is 0.394 e. The Morgan fingerprint density at radius 3 is 2.41 bits per heavy atom. The predicted octanol–water partition coefficient (Wildman–Crippen LogP) is 2.88. The number of carbonyl (C=O) groups is 2. The Balaban J connectivity index is 1.79. The molecule has 3 amide bonds. The second-order valence-corrected chi connectivity index (χ2v) is 8.39. The van der Waals surface area contributed by atoms with Crippen LogP contribution < -0.4 is 10.6 Å². The summed E-state index contributed by atoms with van der Waals surface area (Å²) in [4.78, 5) is 26.9. The number of amides is 3. The van der Waals surface area contributed by atoms with E-state index in [9.17, 15) is 14.7 Å². The number of likely N-dealkylation sites (tertiary alicyclic amines) is 1. The summed E-state index contributed by atoms with van der Waals surface area (Å²) in [5.74, 6) is 0.185. The molecule has 1 aromatic rings. The Hall–Kier alpha value is -2.34. The highest BCUT2D eigenvalue weighted by atomic mass is 16.3. The number of nitrogens with zero attached hydrogens (tertiary/aromatic N) is 1. The normalized spacial score (nSPS) is 24.3. The molecule has 0 bridgehead atoms. The maximum atomic E-state index is 13.0. The highest BCUT2D eigenvalue weighted by molar-refractivity contribution is 5.82. The second-order valence-electron chi connectivity index (χ2n) is 8.39. The lowest BCUT2D eigenvalue weighted by atomic mass is 9.72. The van der Waals surface area contributed by atoms with Crippen molar-refractivity contribution in [2.75, 3.05) is 13.2 Å². The fraction of sp³-hybridized carbons (Fsp3) is 0.565. The van der Waals surface area contributed by atoms with Gasteiger partial charge in [0.15, 0.2) is 0 Å². The van der Waals surface area contributed by atoms with Crippen molar-refractivity contribution in [2.24, 2.45) is 5.92 Å². The minimum atomic E-state index is -0.240. The average Bonchev–Trinajstić information content (AvgIpc) is 2.60. The summed E-state index contributed by atoms with van der Waals surface area (Å²) in [7, 11) is 0. The minimum absolute atomic E-state index is 0.00281. The number of allylic oxidation sites excluding steroid dienone is 1. The number of hydrogen-bond acceptors (Lipinski definition) is 3. The number of urea groups is 1. The standard InChI is InChI=1S/C23H33N3O3/c1-4-6-16-9-11-17(12-10-16)21-19(13-24-23(29)25-15(2)3)26(20(21)14-27)22(28)18-7-5-8-18/h4,6,9-12,15,18-21,27H,5,7-8,13-14H2,1-3H3,(H2,24,25,29)/b6-4+/t19-,20+,21+/m0/s1. The van der Waals surface area contributed by atoms with Crippen molar-refractivity contribution in [1.29, 1.82) is 0 Å². The van der Waals surface area contributed by atoms with Crippen LogP contribution in [0.5, 0.6) is 0 Å². The SMILES string of the molecule is C/C=C/c1ccc([C@H]2[C@@H](CO)N(C(=O)C3CCC3)[C@H]2CNC(=O)NC(C)C)cc1. The third kappa shape index (κ3) is 4.64. The molecule has 3 atom stereocenters. The first kappa shape index (κ1) is 21.4. The zero-order chi connectivity index (χ0) is 21.0. The quantitative estimate of drug-likeness (QED) is 0.659. The molecule has 2 fully saturated rings. The molecule has 1 saturated carbocycles. The molecule has 3 N–H and O–H groups in total. The van der Waals surface area contributed by atoms with Gasteiger partial charge in [0.25, 0.3) is 0 Å². The van der Waals surface area contributed by atoms with Crippen LogP contribution in [0.1, 0.15) is 57.1 Å². The molecule has 2 aliphatic rings. The maximum absolute atomic E-state index is 13.0. The summed E-state index contributed by atoms with van der Waals surface area (Å²) < 4.78 is 0. The van der Waals surface area contributed by atoms with E-state index in [2.05, 4.69) is 34.9 Å². The van der Waals surface area contributed by atoms with Crippen molar-refractivity contribution < 1.29 is 14.7 Å². The molecule has 6 heteroatoms. The van der Waals surface area contributed by atoms with Crippen LogP contribution in [0.4, 0.5) is 4.79 Å². The lowest BCUT2D eigenvalue weighted by Gasteiger charge is -2.56. The molecule has 3 rings (SSSR count). The summed E-state index contributed by atoms with van der Waals surface area (Å²) >= 11 is 0. The van der Waals surface area contributed by atoms with Crippen LogP contribution in [-0.2, 0) is 4.79 Å². The summed E-state index contributed by atoms with van der Waals surface area (Å²) in [6.07, 6.45) is 6.96. The lowest BCUT2D eigenvalue weighted by Crippen LogP contribution is -2.70. The van der Waals surface area contributed by atoms with E-state index < -0.39 is 0 Å². The van der Waals surface area contributed by atoms with Gasteiger partial charge in [0, 0.05) is 24.4 Å². The molecule has 0 aromatic heterocycles. The first-order valence-electron chi connectivity index (χ1n) is 10.7. The Bertz CT molecular complexity index is 740. The van der Waals surface area contributed by atoms with Crippen molar-refractivity contribution in [3.8, 4) is 0 Å². The summed E-state index contributed by atoms with van der Waals surface area (Å²) in [5.41, 5.74) is 2.20. The number of hydrogen-bond donors (Lipinski definition) is 3. The van der Waals surface area contributed by atoms with Crippen molar-refractivity contribution in [3.63, 3.8) is 0 Å². The number of rotatable bonds is 7. The number of carbonyl (C=O) groups excluding carboxylic acids is 2. The van der Waals surface area contributed by atoms with Gasteiger partial charge < -0.3 is 20.6 Å². The second kappa shape index (κ2) is 9.44. The van der Waals surface area contributed by atoms with E-state index in [4.69, 9.17) is 0 Å². The topological polar surface area (TPSA) is 81.7 Å². The average molecular weight is 400 g/mol. The third-order valence-electron chi connectivity index (χ3n) is 6.01. The van der Waals surface area contributed by atoms with Crippen LogP contribution in [0.3, 0.4) is 0 Å². The molecule has 1 saturated heterocycles. The van der Waals surface area contributed by atoms with Crippen molar-refractivity contribution in [1.82, 2.24) is 15.5 Å². The van der Waals surface area contributed by atoms with E-state index in [1.807, 2.05) is 37.8 Å². The Morgan fingerprint density at radius 2 is 1.90 bits per heavy atom. The monoisotopic (exact) mass is 399 g/mol. The van der Waals surface area contributed by atoms with Crippen LogP contribution >= 0.6 is 0 Å². The first-order chi connectivity index (χ1) is 14.0. The van der Waals surface area contributed by atoms with Gasteiger partial charge in [-0.1, -0.05) is 42.8 Å². The van der Waals surface area contributed by atoms with Crippen LogP contribution in [0.2, 0.25) is 0 Å². The van der Waals surface area contributed by atoms with E-state index in [0.29, 0.717) is 6.54 Å². The van der Waals surface area contributed by atoms with Crippen molar-refractivity contribution in [2.45, 2.75) is 64.1 Å². The first-order valence-corrected chi connectivity index (χ1v) is 10.7. The molecule has 158 valence electrons. The highest BCUT2D eigenvalue weighted by Crippen LogP contribution is 2.43. The van der Waals surface area contributed by atoms with Crippen LogP contribution in [0, 0.1) is 5.92 Å². The molecule has 0 radical (unpaired) electrons. The van der Waals surface area contributed by atoms with Crippen LogP contribution in [0.15, 0.2) is 30.3 Å². The van der Waals surface area contributed by atoms with Crippen molar-refractivity contribution in [3.05, 3.63) is 41.5 Å². The smallest absolute Gasteiger partial charge is 0.315 e. The van der Waals surface area contributed by atoms with Crippen LogP contribution in [0.25, 0.3) is 6.08 Å². The number of aliphatic hydroxyl groups is 1. The Morgan fingerprint density at radius 1 is 1.21 bits per heavy atom. The van der Waals surface area contributed by atoms with E-state index in [1.54, 1.807) is 0 Å². The molecule has 1 aliphatic heterocycles. The molecule has 0 spiro atoms. The van der Waals surface area contributed by atoms with Crippen molar-refractivity contribution >= 4 is 18.0 Å². The van der Waals surface area contributed by atoms with Gasteiger partial charge in [0.1, 0.15) is 0 Å². The van der Waals surface area contributed by atoms with Gasteiger partial charge in [-0.05, 0) is 44.7 Å². The fourth-order valence-electron chi connectivity index (χ4n) is 4.34. The number of aliphatic hydroxyl groups excluding tert-OH is 1. The van der Waals surface area contributed by atoms with Gasteiger partial charge in [-0.25, -0.2) is 4.79 Å². The maximum Gasteiger partial charge on any atom is 0.315 e. The molecule has 1 aromatic carbocycles. The molecular weight excluding hydrogens is 366 g/mol. The lowest BCUT2D eigenvalue weighted by molar-refractivity contribution is -0.157.